The molecule has 0 atom stereocenters. The van der Waals surface area contributed by atoms with Crippen LogP contribution in [-0.4, -0.2) is 30.2 Å². The Morgan fingerprint density at radius 1 is 1.07 bits per heavy atom. The van der Waals surface area contributed by atoms with E-state index in [0.29, 0.717) is 30.1 Å². The van der Waals surface area contributed by atoms with Crippen molar-refractivity contribution >= 4 is 17.9 Å². The number of carbonyl (C=O) groups is 1. The molecule has 0 radical (unpaired) electrons. The monoisotopic (exact) mass is 381 g/mol. The molecule has 0 bridgehead atoms. The third kappa shape index (κ3) is 4.71. The Bertz CT molecular complexity index is 900. The number of unbranched alkanes of at least 4 members (excludes halogenated alkanes) is 1. The number of esters is 1. The topological polar surface area (TPSA) is 77.4 Å². The fourth-order valence-electron chi connectivity index (χ4n) is 2.61. The van der Waals surface area contributed by atoms with Gasteiger partial charge in [-0.25, -0.2) is 9.79 Å². The Balaban J connectivity index is 1.76. The van der Waals surface area contributed by atoms with Crippen LogP contribution in [0.25, 0.3) is 6.08 Å². The second kappa shape index (κ2) is 9.08. The molecule has 0 spiro atoms. The summed E-state index contributed by atoms with van der Waals surface area (Å²) in [4.78, 5) is 16.4. The van der Waals surface area contributed by atoms with Crippen molar-refractivity contribution in [3.8, 4) is 17.2 Å². The molecule has 28 heavy (non-hydrogen) atoms. The Kier molecular flexibility index (Phi) is 6.32. The van der Waals surface area contributed by atoms with Crippen molar-refractivity contribution in [3.63, 3.8) is 0 Å². The normalized spacial score (nSPS) is 14.7. The van der Waals surface area contributed by atoms with Crippen LogP contribution in [-0.2, 0) is 9.53 Å². The van der Waals surface area contributed by atoms with Crippen molar-refractivity contribution in [2.75, 3.05) is 13.2 Å². The quantitative estimate of drug-likeness (QED) is 0.419. The highest BCUT2D eigenvalue weighted by Gasteiger charge is 2.24. The highest BCUT2D eigenvalue weighted by molar-refractivity contribution is 6.13. The number of hydrogen-bond donors (Lipinski definition) is 1. The van der Waals surface area contributed by atoms with E-state index in [-0.39, 0.29) is 17.3 Å². The zero-order valence-electron chi connectivity index (χ0n) is 16.0. The van der Waals surface area contributed by atoms with Crippen LogP contribution in [0, 0.1) is 0 Å². The number of aromatic hydroxyl groups is 1. The molecule has 0 amide bonds. The number of phenolic OH excluding ortho intramolecular Hbond substituents is 1. The van der Waals surface area contributed by atoms with E-state index in [1.54, 1.807) is 24.3 Å². The Morgan fingerprint density at radius 2 is 1.82 bits per heavy atom. The molecule has 0 fully saturated rings. The van der Waals surface area contributed by atoms with Crippen LogP contribution >= 0.6 is 0 Å². The standard InChI is InChI=1S/C22H23NO5/c1-3-5-12-27-17-9-6-15(7-10-17)21-23-19(22(25)28-21)13-16-8-11-18(26-4-2)14-20(16)24/h6-11,13-14,24H,3-5,12H2,1-2H3/b19-13-. The van der Waals surface area contributed by atoms with Crippen LogP contribution in [0.4, 0.5) is 0 Å². The summed E-state index contributed by atoms with van der Waals surface area (Å²) in [6.45, 7) is 5.14. The second-order valence-corrected chi connectivity index (χ2v) is 6.22. The molecule has 0 aliphatic carbocycles. The zero-order valence-corrected chi connectivity index (χ0v) is 16.0. The molecule has 2 aromatic rings. The highest BCUT2D eigenvalue weighted by atomic mass is 16.6. The van der Waals surface area contributed by atoms with Gasteiger partial charge in [-0.1, -0.05) is 13.3 Å². The number of nitrogens with zero attached hydrogens (tertiary/aromatic N) is 1. The summed E-state index contributed by atoms with van der Waals surface area (Å²) in [6.07, 6.45) is 3.56. The largest absolute Gasteiger partial charge is 0.507 e. The molecule has 3 rings (SSSR count). The molecule has 1 heterocycles. The van der Waals surface area contributed by atoms with Crippen LogP contribution in [0.5, 0.6) is 17.2 Å². The molecule has 0 unspecified atom stereocenters. The van der Waals surface area contributed by atoms with E-state index in [0.717, 1.165) is 18.6 Å². The van der Waals surface area contributed by atoms with Crippen molar-refractivity contribution in [3.05, 3.63) is 59.3 Å². The maximum atomic E-state index is 12.1. The smallest absolute Gasteiger partial charge is 0.363 e. The number of hydrogen-bond acceptors (Lipinski definition) is 6. The van der Waals surface area contributed by atoms with Crippen LogP contribution in [0.2, 0.25) is 0 Å². The van der Waals surface area contributed by atoms with Crippen LogP contribution in [0.1, 0.15) is 37.8 Å². The summed E-state index contributed by atoms with van der Waals surface area (Å²) in [5.74, 6) is 0.982. The van der Waals surface area contributed by atoms with Gasteiger partial charge in [0.1, 0.15) is 17.2 Å². The molecular weight excluding hydrogens is 358 g/mol. The summed E-state index contributed by atoms with van der Waals surface area (Å²) in [6, 6.07) is 12.1. The molecule has 1 N–H and O–H groups in total. The van der Waals surface area contributed by atoms with Crippen molar-refractivity contribution in [1.82, 2.24) is 0 Å². The minimum Gasteiger partial charge on any atom is -0.507 e. The molecule has 6 heteroatoms. The minimum absolute atomic E-state index is 0.00322. The van der Waals surface area contributed by atoms with Gasteiger partial charge in [0.25, 0.3) is 0 Å². The predicted octanol–water partition coefficient (Wildman–Crippen LogP) is 4.31. The van der Waals surface area contributed by atoms with E-state index in [1.165, 1.54) is 12.1 Å². The molecular formula is C22H23NO5. The fraction of sp³-hybridized carbons (Fsp3) is 0.273. The maximum Gasteiger partial charge on any atom is 0.363 e. The summed E-state index contributed by atoms with van der Waals surface area (Å²) >= 11 is 0. The average Bonchev–Trinajstić information content (AvgIpc) is 3.05. The lowest BCUT2D eigenvalue weighted by atomic mass is 10.1. The number of carbonyl (C=O) groups excluding carboxylic acids is 1. The molecule has 146 valence electrons. The average molecular weight is 381 g/mol. The summed E-state index contributed by atoms with van der Waals surface area (Å²) in [5.41, 5.74) is 1.26. The summed E-state index contributed by atoms with van der Waals surface area (Å²) < 4.78 is 16.2. The number of ether oxygens (including phenoxy) is 3. The van der Waals surface area contributed by atoms with Gasteiger partial charge in [0.15, 0.2) is 5.70 Å². The number of benzene rings is 2. The van der Waals surface area contributed by atoms with E-state index in [1.807, 2.05) is 19.1 Å². The lowest BCUT2D eigenvalue weighted by Gasteiger charge is -2.05. The zero-order chi connectivity index (χ0) is 19.9. The van der Waals surface area contributed by atoms with Gasteiger partial charge in [-0.05, 0) is 55.8 Å². The number of aliphatic imine (C=N–C) groups is 1. The molecule has 0 aromatic heterocycles. The third-order valence-electron chi connectivity index (χ3n) is 4.09. The van der Waals surface area contributed by atoms with Gasteiger partial charge in [-0.2, -0.15) is 0 Å². The first-order valence-corrected chi connectivity index (χ1v) is 9.32. The SMILES string of the molecule is CCCCOc1ccc(C2=N/C(=C\c3ccc(OCC)cc3O)C(=O)O2)cc1. The Labute approximate surface area is 164 Å². The van der Waals surface area contributed by atoms with Gasteiger partial charge >= 0.3 is 5.97 Å². The first-order chi connectivity index (χ1) is 13.6. The summed E-state index contributed by atoms with van der Waals surface area (Å²) in [7, 11) is 0. The van der Waals surface area contributed by atoms with Crippen LogP contribution in [0.3, 0.4) is 0 Å². The number of rotatable bonds is 8. The van der Waals surface area contributed by atoms with Gasteiger partial charge in [0, 0.05) is 17.2 Å². The van der Waals surface area contributed by atoms with E-state index in [9.17, 15) is 9.90 Å². The third-order valence-corrected chi connectivity index (χ3v) is 4.09. The van der Waals surface area contributed by atoms with Crippen molar-refractivity contribution < 1.29 is 24.1 Å². The van der Waals surface area contributed by atoms with E-state index in [2.05, 4.69) is 11.9 Å². The molecule has 0 saturated carbocycles. The van der Waals surface area contributed by atoms with Gasteiger partial charge in [-0.3, -0.25) is 0 Å². The van der Waals surface area contributed by atoms with Crippen molar-refractivity contribution in [1.29, 1.82) is 0 Å². The van der Waals surface area contributed by atoms with E-state index >= 15 is 0 Å². The van der Waals surface area contributed by atoms with Gasteiger partial charge < -0.3 is 19.3 Å². The van der Waals surface area contributed by atoms with Crippen LogP contribution < -0.4 is 9.47 Å². The molecule has 2 aromatic carbocycles. The maximum absolute atomic E-state index is 12.1. The number of phenols is 1. The first kappa shape index (κ1) is 19.5. The molecule has 1 aliphatic heterocycles. The van der Waals surface area contributed by atoms with Gasteiger partial charge in [0.2, 0.25) is 5.90 Å². The van der Waals surface area contributed by atoms with Crippen LogP contribution in [0.15, 0.2) is 53.2 Å². The molecule has 1 aliphatic rings. The minimum atomic E-state index is -0.563. The van der Waals surface area contributed by atoms with Gasteiger partial charge in [-0.15, -0.1) is 0 Å². The highest BCUT2D eigenvalue weighted by Crippen LogP contribution is 2.28. The molecule has 6 nitrogen and oxygen atoms in total. The lowest BCUT2D eigenvalue weighted by molar-refractivity contribution is -0.129. The number of cyclic esters (lactones) is 1. The predicted molar refractivity (Wildman–Crippen MR) is 107 cm³/mol. The Morgan fingerprint density at radius 3 is 2.50 bits per heavy atom. The lowest BCUT2D eigenvalue weighted by Crippen LogP contribution is -2.05. The van der Waals surface area contributed by atoms with Crippen molar-refractivity contribution in [2.24, 2.45) is 4.99 Å². The Hall–Kier alpha value is -3.28. The first-order valence-electron chi connectivity index (χ1n) is 9.32. The fourth-order valence-corrected chi connectivity index (χ4v) is 2.61. The second-order valence-electron chi connectivity index (χ2n) is 6.22. The van der Waals surface area contributed by atoms with E-state index < -0.39 is 5.97 Å². The van der Waals surface area contributed by atoms with Crippen molar-refractivity contribution in [2.45, 2.75) is 26.7 Å². The molecule has 0 saturated heterocycles. The summed E-state index contributed by atoms with van der Waals surface area (Å²) in [5, 5.41) is 10.1. The van der Waals surface area contributed by atoms with Gasteiger partial charge in [0.05, 0.1) is 13.2 Å². The van der Waals surface area contributed by atoms with E-state index in [4.69, 9.17) is 14.2 Å².